The molecule has 0 saturated carbocycles. The number of piperidine rings is 1. The van der Waals surface area contributed by atoms with Crippen LogP contribution >= 0.6 is 0 Å². The Morgan fingerprint density at radius 2 is 1.62 bits per heavy atom. The van der Waals surface area contributed by atoms with Crippen molar-refractivity contribution in [3.8, 4) is 0 Å². The molecule has 7 heteroatoms. The number of urea groups is 2. The Hall–Kier alpha value is -1.79. The van der Waals surface area contributed by atoms with Crippen molar-refractivity contribution >= 4 is 18.0 Å². The fraction of sp³-hybridized carbons (Fsp3) is 0.786. The summed E-state index contributed by atoms with van der Waals surface area (Å²) in [6, 6.07) is -0.450. The van der Waals surface area contributed by atoms with Gasteiger partial charge >= 0.3 is 12.1 Å². The summed E-state index contributed by atoms with van der Waals surface area (Å²) in [5.41, 5.74) is -0.920. The number of nitrogens with zero attached hydrogens (tertiary/aromatic N) is 2. The second-order valence-corrected chi connectivity index (χ2v) is 6.20. The molecule has 1 spiro atoms. The highest BCUT2D eigenvalue weighted by atomic mass is 16.2. The Morgan fingerprint density at radius 3 is 2.24 bits per heavy atom. The molecule has 0 bridgehead atoms. The molecule has 3 aliphatic rings. The highest BCUT2D eigenvalue weighted by molar-refractivity contribution is 6.07. The molecule has 21 heavy (non-hydrogen) atoms. The van der Waals surface area contributed by atoms with E-state index in [0.29, 0.717) is 13.0 Å². The van der Waals surface area contributed by atoms with Crippen LogP contribution in [0.3, 0.4) is 0 Å². The van der Waals surface area contributed by atoms with Gasteiger partial charge in [0.2, 0.25) is 0 Å². The number of carbonyl (C=O) groups is 3. The minimum Gasteiger partial charge on any atom is -0.325 e. The van der Waals surface area contributed by atoms with E-state index in [4.69, 9.17) is 0 Å². The first-order valence-corrected chi connectivity index (χ1v) is 7.78. The minimum absolute atomic E-state index is 0.00456. The molecule has 7 nitrogen and oxygen atoms in total. The maximum atomic E-state index is 12.6. The molecular formula is C14H22N4O3. The largest absolute Gasteiger partial charge is 0.325 e. The molecule has 3 saturated heterocycles. The van der Waals surface area contributed by atoms with Gasteiger partial charge in [-0.05, 0) is 25.7 Å². The van der Waals surface area contributed by atoms with Gasteiger partial charge in [0.1, 0.15) is 5.54 Å². The molecule has 3 rings (SSSR count). The zero-order valence-corrected chi connectivity index (χ0v) is 12.2. The molecule has 2 N–H and O–H groups in total. The maximum Gasteiger partial charge on any atom is 0.322 e. The van der Waals surface area contributed by atoms with Gasteiger partial charge in [-0.2, -0.15) is 0 Å². The number of rotatable bonds is 0. The number of amides is 5. The van der Waals surface area contributed by atoms with Crippen LogP contribution < -0.4 is 10.6 Å². The van der Waals surface area contributed by atoms with Gasteiger partial charge in [0.25, 0.3) is 5.91 Å². The summed E-state index contributed by atoms with van der Waals surface area (Å²) < 4.78 is 0. The van der Waals surface area contributed by atoms with E-state index in [0.717, 1.165) is 32.4 Å². The van der Waals surface area contributed by atoms with Gasteiger partial charge in [0.15, 0.2) is 0 Å². The van der Waals surface area contributed by atoms with Crippen LogP contribution in [0.1, 0.15) is 38.5 Å². The smallest absolute Gasteiger partial charge is 0.322 e. The van der Waals surface area contributed by atoms with E-state index in [1.165, 1.54) is 12.8 Å². The molecule has 0 aliphatic carbocycles. The lowest BCUT2D eigenvalue weighted by atomic mass is 9.89. The Kier molecular flexibility index (Phi) is 3.73. The average Bonchev–Trinajstić information content (AvgIpc) is 2.68. The van der Waals surface area contributed by atoms with E-state index in [2.05, 4.69) is 10.6 Å². The van der Waals surface area contributed by atoms with E-state index in [9.17, 15) is 14.4 Å². The van der Waals surface area contributed by atoms with Gasteiger partial charge in [0, 0.05) is 19.6 Å². The van der Waals surface area contributed by atoms with E-state index < -0.39 is 11.6 Å². The quantitative estimate of drug-likeness (QED) is 0.644. The molecule has 5 amide bonds. The van der Waals surface area contributed by atoms with Crippen LogP contribution in [0.25, 0.3) is 0 Å². The predicted octanol–water partition coefficient (Wildman–Crippen LogP) is 0.656. The van der Waals surface area contributed by atoms with Crippen LogP contribution in [-0.2, 0) is 4.79 Å². The summed E-state index contributed by atoms with van der Waals surface area (Å²) in [4.78, 5) is 39.7. The van der Waals surface area contributed by atoms with Crippen molar-refractivity contribution in [3.05, 3.63) is 0 Å². The average molecular weight is 294 g/mol. The molecule has 0 radical (unpaired) electrons. The summed E-state index contributed by atoms with van der Waals surface area (Å²) >= 11 is 0. The second kappa shape index (κ2) is 5.54. The lowest BCUT2D eigenvalue weighted by Gasteiger charge is -2.40. The standard InChI is InChI=1S/C14H22N4O3/c19-11-14(16-12(20)15-11)6-5-9-18(10-14)13(21)17-7-3-1-2-4-8-17/h1-10H2,(H2,15,16,19,20). The predicted molar refractivity (Wildman–Crippen MR) is 75.6 cm³/mol. The first-order valence-electron chi connectivity index (χ1n) is 7.78. The van der Waals surface area contributed by atoms with Crippen LogP contribution in [0.4, 0.5) is 9.59 Å². The van der Waals surface area contributed by atoms with E-state index in [1.54, 1.807) is 4.90 Å². The van der Waals surface area contributed by atoms with Gasteiger partial charge in [-0.1, -0.05) is 12.8 Å². The molecule has 3 heterocycles. The first-order chi connectivity index (χ1) is 10.1. The van der Waals surface area contributed by atoms with Crippen LogP contribution in [0.2, 0.25) is 0 Å². The molecular weight excluding hydrogens is 272 g/mol. The number of likely N-dealkylation sites (tertiary alicyclic amines) is 2. The van der Waals surface area contributed by atoms with Crippen LogP contribution in [0, 0.1) is 0 Å². The van der Waals surface area contributed by atoms with Gasteiger partial charge in [-0.3, -0.25) is 10.1 Å². The SMILES string of the molecule is O=C1NC(=O)C2(CCCN(C(=O)N3CCCCCC3)C2)N1. The molecule has 1 unspecified atom stereocenters. The summed E-state index contributed by atoms with van der Waals surface area (Å²) in [6.07, 6.45) is 5.75. The molecule has 116 valence electrons. The Labute approximate surface area is 124 Å². The lowest BCUT2D eigenvalue weighted by molar-refractivity contribution is -0.125. The van der Waals surface area contributed by atoms with Crippen molar-refractivity contribution in [1.82, 2.24) is 20.4 Å². The third-order valence-corrected chi connectivity index (χ3v) is 4.65. The van der Waals surface area contributed by atoms with Gasteiger partial charge < -0.3 is 15.1 Å². The summed E-state index contributed by atoms with van der Waals surface area (Å²) in [7, 11) is 0. The fourth-order valence-electron chi connectivity index (χ4n) is 3.50. The molecule has 0 aromatic heterocycles. The maximum absolute atomic E-state index is 12.6. The van der Waals surface area contributed by atoms with E-state index >= 15 is 0 Å². The van der Waals surface area contributed by atoms with Crippen molar-refractivity contribution < 1.29 is 14.4 Å². The van der Waals surface area contributed by atoms with Gasteiger partial charge in [0.05, 0.1) is 6.54 Å². The number of hydrogen-bond donors (Lipinski definition) is 2. The monoisotopic (exact) mass is 294 g/mol. The summed E-state index contributed by atoms with van der Waals surface area (Å²) in [6.45, 7) is 2.52. The number of nitrogens with one attached hydrogen (secondary N) is 2. The summed E-state index contributed by atoms with van der Waals surface area (Å²) in [5.74, 6) is -0.305. The first kappa shape index (κ1) is 14.2. The molecule has 3 fully saturated rings. The molecule has 3 aliphatic heterocycles. The number of carbonyl (C=O) groups excluding carboxylic acids is 3. The summed E-state index contributed by atoms with van der Waals surface area (Å²) in [5, 5.41) is 4.99. The fourth-order valence-corrected chi connectivity index (χ4v) is 3.50. The van der Waals surface area contributed by atoms with E-state index in [1.807, 2.05) is 4.90 Å². The topological polar surface area (TPSA) is 81.8 Å². The van der Waals surface area contributed by atoms with E-state index in [-0.39, 0.29) is 18.5 Å². The van der Waals surface area contributed by atoms with Crippen LogP contribution in [-0.4, -0.2) is 59.5 Å². The van der Waals surface area contributed by atoms with Crippen LogP contribution in [0.15, 0.2) is 0 Å². The highest BCUT2D eigenvalue weighted by Gasteiger charge is 2.49. The van der Waals surface area contributed by atoms with Crippen LogP contribution in [0.5, 0.6) is 0 Å². The van der Waals surface area contributed by atoms with Crippen molar-refractivity contribution in [2.45, 2.75) is 44.1 Å². The number of imide groups is 1. The lowest BCUT2D eigenvalue weighted by Crippen LogP contribution is -2.61. The third-order valence-electron chi connectivity index (χ3n) is 4.65. The Bertz CT molecular complexity index is 459. The van der Waals surface area contributed by atoms with Gasteiger partial charge in [-0.15, -0.1) is 0 Å². The van der Waals surface area contributed by atoms with Crippen molar-refractivity contribution in [3.63, 3.8) is 0 Å². The Balaban J connectivity index is 1.69. The second-order valence-electron chi connectivity index (χ2n) is 6.20. The van der Waals surface area contributed by atoms with Crippen molar-refractivity contribution in [2.24, 2.45) is 0 Å². The van der Waals surface area contributed by atoms with Crippen molar-refractivity contribution in [1.29, 1.82) is 0 Å². The highest BCUT2D eigenvalue weighted by Crippen LogP contribution is 2.25. The third kappa shape index (κ3) is 2.69. The molecule has 0 aromatic carbocycles. The van der Waals surface area contributed by atoms with Crippen molar-refractivity contribution in [2.75, 3.05) is 26.2 Å². The zero-order valence-electron chi connectivity index (χ0n) is 12.2. The minimum atomic E-state index is -0.920. The Morgan fingerprint density at radius 1 is 0.952 bits per heavy atom. The molecule has 1 atom stereocenters. The zero-order chi connectivity index (χ0) is 14.9. The number of hydrogen-bond acceptors (Lipinski definition) is 3. The van der Waals surface area contributed by atoms with Gasteiger partial charge in [-0.25, -0.2) is 9.59 Å². The normalized spacial score (nSPS) is 30.1. The molecule has 0 aromatic rings.